The molecule has 2 aliphatic rings. The number of carbonyl (C=O) groups is 2. The zero-order valence-electron chi connectivity index (χ0n) is 21.0. The number of fused-ring (bicyclic) bond motifs is 3. The molecule has 180 valence electrons. The summed E-state index contributed by atoms with van der Waals surface area (Å²) in [6.45, 7) is 11.6. The maximum atomic E-state index is 13.7. The molecule has 0 aliphatic heterocycles. The Balaban J connectivity index is 2.19. The lowest BCUT2D eigenvalue weighted by Crippen LogP contribution is -2.40. The molecule has 4 rings (SSSR count). The van der Waals surface area contributed by atoms with Gasteiger partial charge in [-0.1, -0.05) is 60.7 Å². The quantitative estimate of drug-likeness (QED) is 0.383. The van der Waals surface area contributed by atoms with Crippen molar-refractivity contribution in [2.75, 3.05) is 5.73 Å². The van der Waals surface area contributed by atoms with Crippen molar-refractivity contribution < 1.29 is 14.0 Å². The number of benzene rings is 1. The summed E-state index contributed by atoms with van der Waals surface area (Å²) in [4.78, 5) is 32.1. The molecule has 0 bridgehead atoms. The molecule has 0 unspecified atom stereocenters. The van der Waals surface area contributed by atoms with Crippen LogP contribution in [0.25, 0.3) is 22.1 Å². The fourth-order valence-electron chi connectivity index (χ4n) is 4.12. The fraction of sp³-hybridized carbons (Fsp3) is 0.276. The van der Waals surface area contributed by atoms with Crippen molar-refractivity contribution in [3.05, 3.63) is 82.7 Å². The maximum Gasteiger partial charge on any atom is 0.256 e. The topological polar surface area (TPSA) is 97.7 Å². The van der Waals surface area contributed by atoms with Crippen LogP contribution in [0.4, 0.5) is 5.88 Å². The third-order valence-corrected chi connectivity index (χ3v) is 5.39. The number of nitrogen functional groups attached to an aromatic ring is 1. The number of hydrogen-bond donors (Lipinski definition) is 2. The molecule has 1 aromatic carbocycles. The van der Waals surface area contributed by atoms with Crippen LogP contribution in [0.2, 0.25) is 0 Å². The van der Waals surface area contributed by atoms with Gasteiger partial charge in [-0.15, -0.1) is 0 Å². The van der Waals surface area contributed by atoms with Crippen LogP contribution in [0.15, 0.2) is 70.1 Å². The molecule has 1 heterocycles. The lowest BCUT2D eigenvalue weighted by Gasteiger charge is -2.20. The van der Waals surface area contributed by atoms with Crippen molar-refractivity contribution in [1.82, 2.24) is 5.32 Å². The number of rotatable bonds is 3. The largest absolute Gasteiger partial charge is 0.439 e. The van der Waals surface area contributed by atoms with Crippen molar-refractivity contribution in [2.45, 2.75) is 52.6 Å². The minimum Gasteiger partial charge on any atom is -0.439 e. The third-order valence-electron chi connectivity index (χ3n) is 5.39. The van der Waals surface area contributed by atoms with Gasteiger partial charge in [0.25, 0.3) is 5.91 Å². The first kappa shape index (κ1) is 24.2. The molecular formula is C29H31N3O3. The summed E-state index contributed by atoms with van der Waals surface area (Å²) in [6.07, 6.45) is 0. The Morgan fingerprint density at radius 3 is 1.97 bits per heavy atom. The van der Waals surface area contributed by atoms with Gasteiger partial charge in [-0.25, -0.2) is 0 Å². The van der Waals surface area contributed by atoms with Gasteiger partial charge in [0.15, 0.2) is 5.58 Å². The number of nitrogens with one attached hydrogen (secondary N) is 1. The van der Waals surface area contributed by atoms with Gasteiger partial charge in [0.2, 0.25) is 11.7 Å². The van der Waals surface area contributed by atoms with Crippen LogP contribution in [-0.2, 0) is 0 Å². The average Bonchev–Trinajstić information content (AvgIpc) is 2.87. The number of nitrogens with zero attached hydrogens (tertiary/aromatic N) is 1. The molecule has 0 saturated carbocycles. The average molecular weight is 470 g/mol. The monoisotopic (exact) mass is 469 g/mol. The van der Waals surface area contributed by atoms with E-state index in [1.807, 2.05) is 77.9 Å². The van der Waals surface area contributed by atoms with E-state index in [0.29, 0.717) is 33.0 Å². The van der Waals surface area contributed by atoms with E-state index in [4.69, 9.17) is 15.1 Å². The SMILES string of the molecule is CC(C)(C)N=c1c(C(=O)c2ccccc2)c(N)oc2c(C(=O)NC(C)(C)C)c3cccccc-3c12. The van der Waals surface area contributed by atoms with Gasteiger partial charge >= 0.3 is 0 Å². The van der Waals surface area contributed by atoms with E-state index in [1.165, 1.54) is 0 Å². The van der Waals surface area contributed by atoms with E-state index in [-0.39, 0.29) is 23.1 Å². The lowest BCUT2D eigenvalue weighted by molar-refractivity contribution is 0.0921. The Bertz CT molecular complexity index is 1470. The number of ketones is 1. The second-order valence-electron chi connectivity index (χ2n) is 10.7. The summed E-state index contributed by atoms with van der Waals surface area (Å²) in [5.74, 6) is -0.637. The van der Waals surface area contributed by atoms with E-state index in [9.17, 15) is 9.59 Å². The minimum absolute atomic E-state index is 0.0705. The molecule has 1 aromatic heterocycles. The highest BCUT2D eigenvalue weighted by Gasteiger charge is 2.31. The first-order valence-corrected chi connectivity index (χ1v) is 11.6. The van der Waals surface area contributed by atoms with Crippen molar-refractivity contribution in [2.24, 2.45) is 4.99 Å². The molecule has 0 spiro atoms. The zero-order valence-corrected chi connectivity index (χ0v) is 21.0. The summed E-state index contributed by atoms with van der Waals surface area (Å²) in [6, 6.07) is 18.3. The summed E-state index contributed by atoms with van der Waals surface area (Å²) >= 11 is 0. The molecule has 2 aliphatic carbocycles. The Labute approximate surface area is 205 Å². The summed E-state index contributed by atoms with van der Waals surface area (Å²) in [5, 5.41) is 4.05. The van der Waals surface area contributed by atoms with Crippen LogP contribution in [0.3, 0.4) is 0 Å². The molecule has 35 heavy (non-hydrogen) atoms. The molecule has 2 aromatic rings. The number of anilines is 1. The first-order chi connectivity index (χ1) is 16.4. The van der Waals surface area contributed by atoms with E-state index in [0.717, 1.165) is 5.56 Å². The molecule has 0 radical (unpaired) electrons. The van der Waals surface area contributed by atoms with Gasteiger partial charge in [0.1, 0.15) is 5.56 Å². The van der Waals surface area contributed by atoms with Crippen LogP contribution in [0, 0.1) is 0 Å². The normalized spacial score (nSPS) is 12.8. The highest BCUT2D eigenvalue weighted by atomic mass is 16.3. The predicted molar refractivity (Wildman–Crippen MR) is 140 cm³/mol. The molecule has 1 amide bonds. The predicted octanol–water partition coefficient (Wildman–Crippen LogP) is 5.58. The minimum atomic E-state index is -0.527. The summed E-state index contributed by atoms with van der Waals surface area (Å²) < 4.78 is 6.11. The van der Waals surface area contributed by atoms with Gasteiger partial charge in [0.05, 0.1) is 21.8 Å². The Morgan fingerprint density at radius 2 is 1.40 bits per heavy atom. The van der Waals surface area contributed by atoms with Crippen molar-refractivity contribution in [1.29, 1.82) is 0 Å². The van der Waals surface area contributed by atoms with Crippen molar-refractivity contribution in [3.63, 3.8) is 0 Å². The number of nitrogens with two attached hydrogens (primary N) is 1. The van der Waals surface area contributed by atoms with Crippen LogP contribution in [-0.4, -0.2) is 22.8 Å². The van der Waals surface area contributed by atoms with Gasteiger partial charge in [-0.3, -0.25) is 14.6 Å². The van der Waals surface area contributed by atoms with E-state index in [2.05, 4.69) is 5.32 Å². The van der Waals surface area contributed by atoms with Crippen LogP contribution >= 0.6 is 0 Å². The van der Waals surface area contributed by atoms with E-state index in [1.54, 1.807) is 24.3 Å². The van der Waals surface area contributed by atoms with Crippen LogP contribution in [0.5, 0.6) is 0 Å². The Hall–Kier alpha value is -3.93. The third kappa shape index (κ3) is 4.83. The van der Waals surface area contributed by atoms with E-state index < -0.39 is 11.1 Å². The second kappa shape index (κ2) is 8.69. The van der Waals surface area contributed by atoms with Gasteiger partial charge in [-0.05, 0) is 52.7 Å². The molecule has 6 heteroatoms. The Morgan fingerprint density at radius 1 is 0.829 bits per heavy atom. The molecule has 3 N–H and O–H groups in total. The number of hydrogen-bond acceptors (Lipinski definition) is 5. The van der Waals surface area contributed by atoms with Crippen molar-refractivity contribution >= 4 is 28.5 Å². The highest BCUT2D eigenvalue weighted by molar-refractivity contribution is 6.20. The number of amides is 1. The molecule has 0 saturated heterocycles. The fourth-order valence-corrected chi connectivity index (χ4v) is 4.12. The van der Waals surface area contributed by atoms with Crippen LogP contribution < -0.4 is 16.4 Å². The smallest absolute Gasteiger partial charge is 0.256 e. The summed E-state index contributed by atoms with van der Waals surface area (Å²) in [7, 11) is 0. The van der Waals surface area contributed by atoms with Gasteiger partial charge in [0, 0.05) is 11.1 Å². The van der Waals surface area contributed by atoms with E-state index >= 15 is 0 Å². The molecule has 0 atom stereocenters. The standard InChI is InChI=1S/C29H31N3O3/c1-28(2,3)31-23-20-18-15-11-8-12-16-19(18)21(27(34)32-29(4,5)6)25(20)35-26(30)22(23)24(33)17-13-9-7-10-14-17/h7-16H,30H2,1-6H3,(H,32,34). The second-order valence-corrected chi connectivity index (χ2v) is 10.7. The molecular weight excluding hydrogens is 438 g/mol. The molecule has 0 fully saturated rings. The lowest BCUT2D eigenvalue weighted by atomic mass is 10.0. The van der Waals surface area contributed by atoms with Crippen molar-refractivity contribution in [3.8, 4) is 11.1 Å². The molecule has 6 nitrogen and oxygen atoms in total. The summed E-state index contributed by atoms with van der Waals surface area (Å²) in [5.41, 5.74) is 8.24. The first-order valence-electron chi connectivity index (χ1n) is 11.6. The zero-order chi connectivity index (χ0) is 25.5. The highest BCUT2D eigenvalue weighted by Crippen LogP contribution is 2.39. The Kier molecular flexibility index (Phi) is 6.01. The van der Waals surface area contributed by atoms with Crippen LogP contribution in [0.1, 0.15) is 67.8 Å². The van der Waals surface area contributed by atoms with Gasteiger partial charge in [-0.2, -0.15) is 0 Å². The number of carbonyl (C=O) groups excluding carboxylic acids is 2. The van der Waals surface area contributed by atoms with Gasteiger partial charge < -0.3 is 15.5 Å². The maximum absolute atomic E-state index is 13.7.